The fourth-order valence-corrected chi connectivity index (χ4v) is 0. The molecule has 10 nitrogen and oxygen atoms in total. The molecule has 0 radical (unpaired) electrons. The van der Waals surface area contributed by atoms with Crippen LogP contribution in [-0.4, -0.2) is 48.8 Å². The van der Waals surface area contributed by atoms with Crippen molar-refractivity contribution in [3.8, 4) is 0 Å². The summed E-state index contributed by atoms with van der Waals surface area (Å²) in [7, 11) is -4.33. The topological polar surface area (TPSA) is 195 Å². The Kier molecular flexibility index (Phi) is 31.5. The zero-order valence-corrected chi connectivity index (χ0v) is 14.9. The van der Waals surface area contributed by atoms with Crippen LogP contribution in [0, 0.1) is 0 Å². The summed E-state index contributed by atoms with van der Waals surface area (Å²) in [5, 5.41) is 14.8. The van der Waals surface area contributed by atoms with Gasteiger partial charge in [0, 0.05) is 0 Å². The van der Waals surface area contributed by atoms with E-state index in [-0.39, 0.29) is 59.1 Å². The summed E-state index contributed by atoms with van der Waals surface area (Å²) >= 11 is 0.632. The minimum atomic E-state index is -4.33. The Balaban J connectivity index is -0.0000000407. The van der Waals surface area contributed by atoms with E-state index in [1.54, 1.807) is 0 Å². The average Bonchev–Trinajstić information content (AvgIpc) is 1.80. The summed E-state index contributed by atoms with van der Waals surface area (Å²) in [6.07, 6.45) is 0. The van der Waals surface area contributed by atoms with Crippen molar-refractivity contribution in [1.29, 1.82) is 0 Å². The molecule has 4 N–H and O–H groups in total. The molecule has 0 saturated heterocycles. The SMILES string of the molecule is O=C(O)C(=O)O.O=S(O)O.O=S([O-])([O-])=S.[Na+].[Na+]. The van der Waals surface area contributed by atoms with Gasteiger partial charge in [0.15, 0.2) is 0 Å². The predicted octanol–water partition coefficient (Wildman–Crippen LogP) is -8.16. The Bertz CT molecular complexity index is 298. The van der Waals surface area contributed by atoms with Crippen LogP contribution in [-0.2, 0) is 41.2 Å². The molecular formula is C2H4Na2O10S3. The predicted molar refractivity (Wildman–Crippen MR) is 45.7 cm³/mol. The van der Waals surface area contributed by atoms with Crippen LogP contribution in [0.4, 0.5) is 0 Å². The molecule has 92 valence electrons. The molecule has 0 bridgehead atoms. The molecule has 15 heteroatoms. The zero-order chi connectivity index (χ0) is 13.2. The maximum absolute atomic E-state index is 9.10. The van der Waals surface area contributed by atoms with Crippen molar-refractivity contribution >= 4 is 43.5 Å². The largest absolute Gasteiger partial charge is 1.00 e. The van der Waals surface area contributed by atoms with Gasteiger partial charge in [-0.15, -0.1) is 9.05 Å². The standard InChI is InChI=1S/C2H2O4.2Na.H2O3S2.H2O3S/c3-1(4)2(5)6;;;1-5(2,3)4;1-4(2)3/h(H,3,4)(H,5,6);;;(H2,1,2,3,4);(H2,1,2,3)/q;2*+1;;/p-2. The fraction of sp³-hybridized carbons (Fsp3) is 0. The van der Waals surface area contributed by atoms with Gasteiger partial charge in [-0.3, -0.25) is 13.3 Å². The minimum absolute atomic E-state index is 0. The molecule has 0 aliphatic carbocycles. The van der Waals surface area contributed by atoms with Crippen LogP contribution >= 0.6 is 0 Å². The van der Waals surface area contributed by atoms with Gasteiger partial charge in [0.25, 0.3) is 11.4 Å². The molecule has 17 heavy (non-hydrogen) atoms. The second kappa shape index (κ2) is 17.3. The first-order chi connectivity index (χ1) is 6.37. The van der Waals surface area contributed by atoms with Gasteiger partial charge in [0.05, 0.1) is 0 Å². The Morgan fingerprint density at radius 2 is 1.12 bits per heavy atom. The Labute approximate surface area is 147 Å². The van der Waals surface area contributed by atoms with E-state index in [2.05, 4.69) is 11.2 Å². The monoisotopic (exact) mass is 330 g/mol. The third-order valence-corrected chi connectivity index (χ3v) is 0.183. The van der Waals surface area contributed by atoms with Crippen molar-refractivity contribution in [2.75, 3.05) is 0 Å². The molecule has 0 atom stereocenters. The third kappa shape index (κ3) is 144. The molecule has 0 amide bonds. The van der Waals surface area contributed by atoms with Gasteiger partial charge in [-0.2, -0.15) is 4.21 Å². The molecule has 0 aromatic carbocycles. The number of carboxylic acid groups (broad SMARTS) is 2. The van der Waals surface area contributed by atoms with E-state index in [0.29, 0.717) is 0 Å². The van der Waals surface area contributed by atoms with E-state index in [1.165, 1.54) is 0 Å². The van der Waals surface area contributed by atoms with E-state index in [9.17, 15) is 0 Å². The number of hydrogen-bond acceptors (Lipinski definition) is 7. The summed E-state index contributed by atoms with van der Waals surface area (Å²) in [4.78, 5) is 18.2. The first kappa shape index (κ1) is 31.0. The maximum atomic E-state index is 9.10. The van der Waals surface area contributed by atoms with E-state index in [4.69, 9.17) is 46.4 Å². The quantitative estimate of drug-likeness (QED) is 0.187. The molecule has 0 aliphatic rings. The van der Waals surface area contributed by atoms with Crippen LogP contribution in [0.5, 0.6) is 0 Å². The molecule has 0 unspecified atom stereocenters. The molecule has 0 heterocycles. The second-order valence-corrected chi connectivity index (χ2v) is 3.75. The van der Waals surface area contributed by atoms with Gasteiger partial charge >= 0.3 is 71.1 Å². The van der Waals surface area contributed by atoms with Gasteiger partial charge in [-0.25, -0.2) is 9.59 Å². The molecule has 0 aromatic rings. The van der Waals surface area contributed by atoms with E-state index < -0.39 is 32.4 Å². The molecule has 0 saturated carbocycles. The van der Waals surface area contributed by atoms with Crippen LogP contribution in [0.15, 0.2) is 0 Å². The van der Waals surface area contributed by atoms with Gasteiger partial charge in [0.2, 0.25) is 0 Å². The normalized spacial score (nSPS) is 8.06. The van der Waals surface area contributed by atoms with Gasteiger partial charge < -0.3 is 19.3 Å². The molecular weight excluding hydrogens is 326 g/mol. The second-order valence-electron chi connectivity index (χ2n) is 1.25. The van der Waals surface area contributed by atoms with Crippen LogP contribution < -0.4 is 59.1 Å². The smallest absolute Gasteiger partial charge is 0.780 e. The summed E-state index contributed by atoms with van der Waals surface area (Å²) in [5.74, 6) is -3.65. The summed E-state index contributed by atoms with van der Waals surface area (Å²) in [6.45, 7) is 0. The molecule has 0 fully saturated rings. The molecule has 0 spiro atoms. The van der Waals surface area contributed by atoms with E-state index in [1.807, 2.05) is 0 Å². The van der Waals surface area contributed by atoms with Crippen LogP contribution in [0.3, 0.4) is 0 Å². The van der Waals surface area contributed by atoms with Crippen molar-refractivity contribution < 1.29 is 106 Å². The molecule has 0 aromatic heterocycles. The maximum Gasteiger partial charge on any atom is 1.00 e. The zero-order valence-electron chi connectivity index (χ0n) is 8.46. The van der Waals surface area contributed by atoms with Gasteiger partial charge in [0.1, 0.15) is 0 Å². The van der Waals surface area contributed by atoms with E-state index in [0.717, 1.165) is 0 Å². The average molecular weight is 330 g/mol. The number of aliphatic carboxylic acids is 2. The number of carbonyl (C=O) groups is 2. The van der Waals surface area contributed by atoms with Crippen molar-refractivity contribution in [2.24, 2.45) is 0 Å². The number of carboxylic acids is 2. The first-order valence-corrected chi connectivity index (χ1v) is 5.70. The number of hydrogen-bond donors (Lipinski definition) is 4. The summed E-state index contributed by atoms with van der Waals surface area (Å²) < 4.78 is 49.5. The van der Waals surface area contributed by atoms with Gasteiger partial charge in [-0.05, 0) is 11.2 Å². The summed E-state index contributed by atoms with van der Waals surface area (Å²) in [5.41, 5.74) is 0. The van der Waals surface area contributed by atoms with E-state index >= 15 is 0 Å². The van der Waals surface area contributed by atoms with Gasteiger partial charge in [-0.1, -0.05) is 0 Å². The Hall–Kier alpha value is 1.30. The molecule has 0 rings (SSSR count). The first-order valence-electron chi connectivity index (χ1n) is 2.30. The third-order valence-electron chi connectivity index (χ3n) is 0.183. The van der Waals surface area contributed by atoms with Crippen molar-refractivity contribution in [1.82, 2.24) is 0 Å². The van der Waals surface area contributed by atoms with Crippen LogP contribution in [0.25, 0.3) is 0 Å². The Morgan fingerprint density at radius 3 is 1.12 bits per heavy atom. The van der Waals surface area contributed by atoms with Crippen LogP contribution in [0.2, 0.25) is 0 Å². The fourth-order valence-electron chi connectivity index (χ4n) is 0. The summed E-state index contributed by atoms with van der Waals surface area (Å²) in [6, 6.07) is 0. The van der Waals surface area contributed by atoms with Crippen molar-refractivity contribution in [3.05, 3.63) is 0 Å². The molecule has 0 aliphatic heterocycles. The Morgan fingerprint density at radius 1 is 1.06 bits per heavy atom. The number of rotatable bonds is 0. The van der Waals surface area contributed by atoms with Crippen LogP contribution in [0.1, 0.15) is 0 Å². The van der Waals surface area contributed by atoms with Crippen molar-refractivity contribution in [3.63, 3.8) is 0 Å². The van der Waals surface area contributed by atoms with Crippen molar-refractivity contribution in [2.45, 2.75) is 0 Å². The minimum Gasteiger partial charge on any atom is -0.780 e.